The lowest BCUT2D eigenvalue weighted by Crippen LogP contribution is -2.46. The molecule has 0 unspecified atom stereocenters. The summed E-state index contributed by atoms with van der Waals surface area (Å²) < 4.78 is 19.9. The van der Waals surface area contributed by atoms with Gasteiger partial charge in [0.15, 0.2) is 28.6 Å². The van der Waals surface area contributed by atoms with Gasteiger partial charge in [-0.15, -0.1) is 5.10 Å². The van der Waals surface area contributed by atoms with Crippen LogP contribution >= 0.6 is 0 Å². The highest BCUT2D eigenvalue weighted by atomic mass is 16.7. The smallest absolute Gasteiger partial charge is 0.297 e. The fourth-order valence-corrected chi connectivity index (χ4v) is 4.04. The summed E-state index contributed by atoms with van der Waals surface area (Å²) in [7, 11) is 0. The first-order valence-electron chi connectivity index (χ1n) is 10.7. The van der Waals surface area contributed by atoms with E-state index in [-0.39, 0.29) is 5.95 Å². The van der Waals surface area contributed by atoms with Crippen LogP contribution in [0.1, 0.15) is 12.0 Å². The summed E-state index contributed by atoms with van der Waals surface area (Å²) in [5.74, 6) is 0.749. The van der Waals surface area contributed by atoms with E-state index in [0.29, 0.717) is 40.9 Å². The standard InChI is InChI=1S/C22H21N7O5/c23-21-26-19-14(20-25-18(27-29(20)21)16-4-2-8-32-16)10-24-28(19)7-1-3-13-5-6-15-17(9-13)34-22(11-30,12-31)33-15/h2,4-6,8-10,30-31H,1,3,7,11-12H2,(H2,23,26). The number of nitrogens with zero attached hydrogens (tertiary/aromatic N) is 6. The minimum atomic E-state index is -1.43. The zero-order chi connectivity index (χ0) is 23.3. The zero-order valence-electron chi connectivity index (χ0n) is 18.0. The van der Waals surface area contributed by atoms with Gasteiger partial charge in [0.1, 0.15) is 13.2 Å². The Bertz CT molecular complexity index is 1490. The summed E-state index contributed by atoms with van der Waals surface area (Å²) in [5, 5.41) is 28.6. The Morgan fingerprint density at radius 3 is 2.68 bits per heavy atom. The lowest BCUT2D eigenvalue weighted by Gasteiger charge is -2.22. The molecule has 0 bridgehead atoms. The van der Waals surface area contributed by atoms with Crippen LogP contribution in [0, 0.1) is 0 Å². The Kier molecular flexibility index (Phi) is 4.64. The largest absolute Gasteiger partial charge is 0.461 e. The van der Waals surface area contributed by atoms with Crippen molar-refractivity contribution in [1.29, 1.82) is 0 Å². The fraction of sp³-hybridized carbons (Fsp3) is 0.273. The summed E-state index contributed by atoms with van der Waals surface area (Å²) >= 11 is 0. The minimum absolute atomic E-state index is 0.210. The molecule has 0 saturated carbocycles. The van der Waals surface area contributed by atoms with Crippen molar-refractivity contribution in [3.8, 4) is 23.1 Å². The monoisotopic (exact) mass is 463 g/mol. The number of furan rings is 1. The van der Waals surface area contributed by atoms with Gasteiger partial charge in [0, 0.05) is 6.54 Å². The van der Waals surface area contributed by atoms with Crippen LogP contribution in [0.4, 0.5) is 5.95 Å². The Morgan fingerprint density at radius 1 is 1.03 bits per heavy atom. The molecule has 1 aliphatic heterocycles. The van der Waals surface area contributed by atoms with Crippen molar-refractivity contribution in [1.82, 2.24) is 29.4 Å². The number of aliphatic hydroxyl groups excluding tert-OH is 2. The Labute approximate surface area is 192 Å². The molecule has 0 spiro atoms. The fourth-order valence-electron chi connectivity index (χ4n) is 4.04. The molecule has 0 atom stereocenters. The van der Waals surface area contributed by atoms with E-state index in [0.717, 1.165) is 23.8 Å². The quantitative estimate of drug-likeness (QED) is 0.322. The predicted molar refractivity (Wildman–Crippen MR) is 119 cm³/mol. The zero-order valence-corrected chi connectivity index (χ0v) is 18.0. The Hall–Kier alpha value is -4.16. The molecule has 4 N–H and O–H groups in total. The highest BCUT2D eigenvalue weighted by molar-refractivity contribution is 5.90. The van der Waals surface area contributed by atoms with E-state index in [4.69, 9.17) is 19.6 Å². The van der Waals surface area contributed by atoms with E-state index in [9.17, 15) is 10.2 Å². The van der Waals surface area contributed by atoms with Gasteiger partial charge in [-0.2, -0.15) is 14.6 Å². The van der Waals surface area contributed by atoms with Crippen LogP contribution in [0.2, 0.25) is 0 Å². The molecule has 0 radical (unpaired) electrons. The molecule has 5 heterocycles. The van der Waals surface area contributed by atoms with E-state index in [1.54, 1.807) is 35.3 Å². The first-order chi connectivity index (χ1) is 16.6. The van der Waals surface area contributed by atoms with Crippen LogP contribution in [0.25, 0.3) is 28.3 Å². The van der Waals surface area contributed by atoms with Gasteiger partial charge in [0.05, 0.1) is 17.8 Å². The molecule has 0 saturated heterocycles. The highest BCUT2D eigenvalue weighted by Gasteiger charge is 2.40. The number of anilines is 1. The molecule has 5 aromatic rings. The van der Waals surface area contributed by atoms with E-state index < -0.39 is 19.0 Å². The third kappa shape index (κ3) is 3.23. The maximum atomic E-state index is 9.48. The average molecular weight is 463 g/mol. The van der Waals surface area contributed by atoms with Crippen molar-refractivity contribution in [2.75, 3.05) is 18.9 Å². The van der Waals surface area contributed by atoms with Crippen molar-refractivity contribution in [2.24, 2.45) is 0 Å². The van der Waals surface area contributed by atoms with E-state index in [2.05, 4.69) is 20.2 Å². The number of aryl methyl sites for hydroxylation is 2. The number of rotatable bonds is 7. The second-order valence-corrected chi connectivity index (χ2v) is 8.04. The Balaban J connectivity index is 1.21. The second-order valence-electron chi connectivity index (χ2n) is 8.04. The molecule has 1 aromatic carbocycles. The molecule has 0 amide bonds. The maximum absolute atomic E-state index is 9.48. The molecule has 174 valence electrons. The van der Waals surface area contributed by atoms with Gasteiger partial charge in [-0.3, -0.25) is 0 Å². The van der Waals surface area contributed by atoms with Crippen molar-refractivity contribution in [3.05, 3.63) is 48.4 Å². The number of ether oxygens (including phenoxy) is 2. The third-order valence-electron chi connectivity index (χ3n) is 5.76. The lowest BCUT2D eigenvalue weighted by atomic mass is 10.1. The number of hydrogen-bond acceptors (Lipinski definition) is 10. The van der Waals surface area contributed by atoms with Crippen LogP contribution in [-0.2, 0) is 13.0 Å². The van der Waals surface area contributed by atoms with Crippen molar-refractivity contribution < 1.29 is 24.1 Å². The average Bonchev–Trinajstić information content (AvgIpc) is 3.63. The van der Waals surface area contributed by atoms with Crippen LogP contribution in [0.5, 0.6) is 11.5 Å². The summed E-state index contributed by atoms with van der Waals surface area (Å²) in [4.78, 5) is 9.06. The van der Waals surface area contributed by atoms with Crippen molar-refractivity contribution >= 4 is 22.6 Å². The SMILES string of the molecule is Nc1nc2c(cnn2CCCc2ccc3c(c2)OC(CO)(CO)O3)c2nc(-c3ccco3)nn12. The number of nitrogen functional groups attached to an aromatic ring is 1. The molecule has 34 heavy (non-hydrogen) atoms. The number of aromatic nitrogens is 6. The van der Waals surface area contributed by atoms with Crippen LogP contribution < -0.4 is 15.2 Å². The van der Waals surface area contributed by atoms with Gasteiger partial charge < -0.3 is 29.8 Å². The van der Waals surface area contributed by atoms with Gasteiger partial charge in [-0.1, -0.05) is 6.07 Å². The molecule has 6 rings (SSSR count). The maximum Gasteiger partial charge on any atom is 0.297 e. The summed E-state index contributed by atoms with van der Waals surface area (Å²) in [6.45, 7) is -0.284. The molecule has 1 aliphatic rings. The molecule has 0 aliphatic carbocycles. The van der Waals surface area contributed by atoms with Gasteiger partial charge in [-0.25, -0.2) is 9.67 Å². The normalized spacial score (nSPS) is 14.4. The van der Waals surface area contributed by atoms with Crippen LogP contribution in [-0.4, -0.2) is 58.6 Å². The summed E-state index contributed by atoms with van der Waals surface area (Å²) in [6, 6.07) is 9.12. The number of aliphatic hydroxyl groups is 2. The van der Waals surface area contributed by atoms with E-state index in [1.807, 2.05) is 12.1 Å². The predicted octanol–water partition coefficient (Wildman–Crippen LogP) is 1.40. The molecular formula is C22H21N7O5. The van der Waals surface area contributed by atoms with Crippen molar-refractivity contribution in [2.45, 2.75) is 25.2 Å². The van der Waals surface area contributed by atoms with Gasteiger partial charge in [0.2, 0.25) is 11.8 Å². The topological polar surface area (TPSA) is 159 Å². The van der Waals surface area contributed by atoms with E-state index in [1.165, 1.54) is 4.52 Å². The lowest BCUT2D eigenvalue weighted by molar-refractivity contribution is -0.143. The molecule has 0 fully saturated rings. The van der Waals surface area contributed by atoms with Gasteiger partial charge in [0.25, 0.3) is 5.79 Å². The highest BCUT2D eigenvalue weighted by Crippen LogP contribution is 2.40. The van der Waals surface area contributed by atoms with Crippen molar-refractivity contribution in [3.63, 3.8) is 0 Å². The number of benzene rings is 1. The molecule has 12 heteroatoms. The van der Waals surface area contributed by atoms with Gasteiger partial charge in [-0.05, 0) is 42.7 Å². The van der Waals surface area contributed by atoms with E-state index >= 15 is 0 Å². The first kappa shape index (κ1) is 20.4. The second kappa shape index (κ2) is 7.71. The summed E-state index contributed by atoms with van der Waals surface area (Å²) in [5.41, 5.74) is 8.37. The number of hydrogen-bond donors (Lipinski definition) is 3. The first-order valence-corrected chi connectivity index (χ1v) is 10.7. The minimum Gasteiger partial charge on any atom is -0.461 e. The number of fused-ring (bicyclic) bond motifs is 4. The molecule has 4 aromatic heterocycles. The third-order valence-corrected chi connectivity index (χ3v) is 5.76. The summed E-state index contributed by atoms with van der Waals surface area (Å²) in [6.07, 6.45) is 4.79. The van der Waals surface area contributed by atoms with Crippen LogP contribution in [0.15, 0.2) is 47.2 Å². The number of nitrogens with two attached hydrogens (primary N) is 1. The van der Waals surface area contributed by atoms with Gasteiger partial charge >= 0.3 is 0 Å². The molecular weight excluding hydrogens is 442 g/mol. The Morgan fingerprint density at radius 2 is 1.88 bits per heavy atom. The van der Waals surface area contributed by atoms with Crippen LogP contribution in [0.3, 0.4) is 0 Å². The molecule has 12 nitrogen and oxygen atoms in total.